The van der Waals surface area contributed by atoms with Crippen molar-refractivity contribution >= 4 is 41.3 Å². The average Bonchev–Trinajstić information content (AvgIpc) is 3.17. The lowest BCUT2D eigenvalue weighted by Crippen LogP contribution is -2.41. The summed E-state index contributed by atoms with van der Waals surface area (Å²) in [6.45, 7) is 2.63. The topological polar surface area (TPSA) is 40.5 Å². The Morgan fingerprint density at radius 3 is 2.48 bits per heavy atom. The first-order valence-electron chi connectivity index (χ1n) is 8.44. The van der Waals surface area contributed by atoms with E-state index in [0.717, 1.165) is 47.6 Å². The van der Waals surface area contributed by atoms with Crippen molar-refractivity contribution in [3.63, 3.8) is 0 Å². The van der Waals surface area contributed by atoms with Crippen molar-refractivity contribution < 1.29 is 13.2 Å². The quantitative estimate of drug-likeness (QED) is 0.397. The number of aromatic nitrogens is 1. The average molecular weight is 488 g/mol. The summed E-state index contributed by atoms with van der Waals surface area (Å²) >= 11 is 1.06. The van der Waals surface area contributed by atoms with E-state index in [-0.39, 0.29) is 24.0 Å². The molecule has 1 saturated carbocycles. The van der Waals surface area contributed by atoms with Crippen LogP contribution in [0.15, 0.2) is 10.4 Å². The van der Waals surface area contributed by atoms with E-state index in [2.05, 4.69) is 20.2 Å². The number of hydrogen-bond donors (Lipinski definition) is 1. The first kappa shape index (κ1) is 20.7. The molecule has 0 amide bonds. The highest BCUT2D eigenvalue weighted by Crippen LogP contribution is 2.36. The van der Waals surface area contributed by atoms with Crippen LogP contribution in [0.5, 0.6) is 0 Å². The highest BCUT2D eigenvalue weighted by molar-refractivity contribution is 14.0. The van der Waals surface area contributed by atoms with Crippen LogP contribution in [0.25, 0.3) is 0 Å². The smallest absolute Gasteiger partial charge is 0.356 e. The predicted molar refractivity (Wildman–Crippen MR) is 105 cm³/mol. The van der Waals surface area contributed by atoms with Gasteiger partial charge in [-0.05, 0) is 24.7 Å². The van der Waals surface area contributed by atoms with E-state index in [1.165, 1.54) is 25.7 Å². The van der Waals surface area contributed by atoms with Crippen LogP contribution in [0.2, 0.25) is 0 Å². The zero-order chi connectivity index (χ0) is 17.2. The first-order chi connectivity index (χ1) is 11.5. The summed E-state index contributed by atoms with van der Waals surface area (Å²) in [6.07, 6.45) is 1.37. The van der Waals surface area contributed by atoms with E-state index < -0.39 is 11.9 Å². The standard InChI is InChI=1S/C16H23F3N4S.HI/c1-20-15(23-8-11-4-2-3-5-12(11)9-23)21-7-6-14-22-13(10-24-14)16(17,18)19;/h10-12H,2-9H2,1H3,(H,20,21);1H. The third kappa shape index (κ3) is 5.21. The molecule has 1 aliphatic heterocycles. The number of rotatable bonds is 3. The number of nitrogens with zero attached hydrogens (tertiary/aromatic N) is 3. The van der Waals surface area contributed by atoms with Gasteiger partial charge >= 0.3 is 6.18 Å². The lowest BCUT2D eigenvalue weighted by molar-refractivity contribution is -0.140. The van der Waals surface area contributed by atoms with Gasteiger partial charge in [0.05, 0.1) is 5.01 Å². The second-order valence-electron chi connectivity index (χ2n) is 6.56. The molecule has 0 aromatic carbocycles. The summed E-state index contributed by atoms with van der Waals surface area (Å²) < 4.78 is 37.7. The number of aliphatic imine (C=N–C) groups is 1. The van der Waals surface area contributed by atoms with Crippen molar-refractivity contribution in [1.29, 1.82) is 0 Å². The van der Waals surface area contributed by atoms with Crippen molar-refractivity contribution in [2.24, 2.45) is 16.8 Å². The summed E-state index contributed by atoms with van der Waals surface area (Å²) in [5.74, 6) is 2.40. The zero-order valence-electron chi connectivity index (χ0n) is 14.2. The Balaban J connectivity index is 0.00000225. The Labute approximate surface area is 167 Å². The highest BCUT2D eigenvalue weighted by atomic mass is 127. The molecule has 1 aromatic rings. The summed E-state index contributed by atoms with van der Waals surface area (Å²) in [7, 11) is 1.76. The molecule has 2 atom stereocenters. The monoisotopic (exact) mass is 488 g/mol. The molecule has 0 bridgehead atoms. The molecule has 0 spiro atoms. The SMILES string of the molecule is CN=C(NCCc1nc(C(F)(F)F)cs1)N1CC2CCCCC2C1.I. The molecular weight excluding hydrogens is 464 g/mol. The van der Waals surface area contributed by atoms with Crippen LogP contribution in [-0.2, 0) is 12.6 Å². The van der Waals surface area contributed by atoms with Crippen LogP contribution >= 0.6 is 35.3 Å². The number of fused-ring (bicyclic) bond motifs is 1. The molecule has 142 valence electrons. The van der Waals surface area contributed by atoms with Gasteiger partial charge in [-0.2, -0.15) is 13.2 Å². The van der Waals surface area contributed by atoms with Crippen LogP contribution in [-0.4, -0.2) is 42.5 Å². The fourth-order valence-corrected chi connectivity index (χ4v) is 4.55. The van der Waals surface area contributed by atoms with Crippen molar-refractivity contribution in [3.8, 4) is 0 Å². The Bertz CT molecular complexity index is 576. The molecule has 25 heavy (non-hydrogen) atoms. The predicted octanol–water partition coefficient (Wildman–Crippen LogP) is 4.02. The molecule has 2 fully saturated rings. The Hall–Kier alpha value is -0.580. The third-order valence-corrected chi connectivity index (χ3v) is 5.86. The molecule has 2 aliphatic rings. The molecule has 2 heterocycles. The van der Waals surface area contributed by atoms with Gasteiger partial charge in [0.2, 0.25) is 0 Å². The molecule has 1 aromatic heterocycles. The van der Waals surface area contributed by atoms with E-state index in [0.29, 0.717) is 18.0 Å². The van der Waals surface area contributed by atoms with Crippen molar-refractivity contribution in [3.05, 3.63) is 16.1 Å². The molecule has 2 unspecified atom stereocenters. The number of likely N-dealkylation sites (tertiary alicyclic amines) is 1. The maximum atomic E-state index is 12.6. The largest absolute Gasteiger partial charge is 0.434 e. The van der Waals surface area contributed by atoms with Crippen LogP contribution in [0.3, 0.4) is 0 Å². The molecule has 1 N–H and O–H groups in total. The number of guanidine groups is 1. The van der Waals surface area contributed by atoms with Gasteiger partial charge in [0.15, 0.2) is 11.7 Å². The minimum Gasteiger partial charge on any atom is -0.356 e. The summed E-state index contributed by atoms with van der Waals surface area (Å²) in [5.41, 5.74) is -0.796. The van der Waals surface area contributed by atoms with E-state index in [1.807, 2.05) is 0 Å². The molecule has 0 radical (unpaired) electrons. The number of hydrogen-bond acceptors (Lipinski definition) is 3. The summed E-state index contributed by atoms with van der Waals surface area (Å²) in [5, 5.41) is 4.86. The van der Waals surface area contributed by atoms with Crippen LogP contribution in [0.4, 0.5) is 13.2 Å². The molecule has 4 nitrogen and oxygen atoms in total. The third-order valence-electron chi connectivity index (χ3n) is 4.95. The van der Waals surface area contributed by atoms with Gasteiger partial charge in [0.1, 0.15) is 0 Å². The normalized spacial score (nSPS) is 24.0. The lowest BCUT2D eigenvalue weighted by atomic mass is 9.82. The lowest BCUT2D eigenvalue weighted by Gasteiger charge is -2.22. The second kappa shape index (κ2) is 8.88. The highest BCUT2D eigenvalue weighted by Gasteiger charge is 2.36. The van der Waals surface area contributed by atoms with Crippen molar-refractivity contribution in [2.75, 3.05) is 26.7 Å². The Morgan fingerprint density at radius 1 is 1.32 bits per heavy atom. The molecular formula is C16H24F3IN4S. The van der Waals surface area contributed by atoms with Gasteiger partial charge < -0.3 is 10.2 Å². The van der Waals surface area contributed by atoms with E-state index in [9.17, 15) is 13.2 Å². The van der Waals surface area contributed by atoms with E-state index in [4.69, 9.17) is 0 Å². The van der Waals surface area contributed by atoms with E-state index in [1.54, 1.807) is 7.05 Å². The zero-order valence-corrected chi connectivity index (χ0v) is 17.3. The maximum Gasteiger partial charge on any atom is 0.434 e. The second-order valence-corrected chi connectivity index (χ2v) is 7.50. The maximum absolute atomic E-state index is 12.6. The van der Waals surface area contributed by atoms with E-state index >= 15 is 0 Å². The number of nitrogens with one attached hydrogen (secondary N) is 1. The number of thiazole rings is 1. The van der Waals surface area contributed by atoms with Crippen LogP contribution in [0, 0.1) is 11.8 Å². The van der Waals surface area contributed by atoms with Crippen LogP contribution < -0.4 is 5.32 Å². The van der Waals surface area contributed by atoms with Gasteiger partial charge in [-0.15, -0.1) is 35.3 Å². The molecule has 3 rings (SSSR count). The first-order valence-corrected chi connectivity index (χ1v) is 9.32. The van der Waals surface area contributed by atoms with Gasteiger partial charge in [0, 0.05) is 38.5 Å². The minimum absolute atomic E-state index is 0. The van der Waals surface area contributed by atoms with Gasteiger partial charge in [0.25, 0.3) is 0 Å². The van der Waals surface area contributed by atoms with Crippen LogP contribution in [0.1, 0.15) is 36.4 Å². The minimum atomic E-state index is -4.36. The molecule has 1 aliphatic carbocycles. The van der Waals surface area contributed by atoms with Crippen molar-refractivity contribution in [1.82, 2.24) is 15.2 Å². The number of halogens is 4. The van der Waals surface area contributed by atoms with Gasteiger partial charge in [-0.1, -0.05) is 12.8 Å². The summed E-state index contributed by atoms with van der Waals surface area (Å²) in [6, 6.07) is 0. The molecule has 1 saturated heterocycles. The molecule has 9 heteroatoms. The fraction of sp³-hybridized carbons (Fsp3) is 0.750. The van der Waals surface area contributed by atoms with Crippen molar-refractivity contribution in [2.45, 2.75) is 38.3 Å². The van der Waals surface area contributed by atoms with Gasteiger partial charge in [-0.3, -0.25) is 4.99 Å². The fourth-order valence-electron chi connectivity index (χ4n) is 3.75. The Morgan fingerprint density at radius 2 is 1.96 bits per heavy atom. The Kier molecular flexibility index (Phi) is 7.36. The van der Waals surface area contributed by atoms with Gasteiger partial charge in [-0.25, -0.2) is 4.98 Å². The summed E-state index contributed by atoms with van der Waals surface area (Å²) in [4.78, 5) is 10.3. The number of alkyl halides is 3.